The summed E-state index contributed by atoms with van der Waals surface area (Å²) in [6, 6.07) is 5.48. The van der Waals surface area contributed by atoms with Gasteiger partial charge in [-0.25, -0.2) is 8.42 Å². The lowest BCUT2D eigenvalue weighted by atomic mass is 10.1. The lowest BCUT2D eigenvalue weighted by molar-refractivity contribution is -0.144. The number of carbonyl (C=O) groups is 1. The molecule has 9 heteroatoms. The van der Waals surface area contributed by atoms with Crippen LogP contribution in [0.1, 0.15) is 19.8 Å². The molecule has 0 unspecified atom stereocenters. The Kier molecular flexibility index (Phi) is 6.92. The number of esters is 1. The van der Waals surface area contributed by atoms with Gasteiger partial charge >= 0.3 is 5.97 Å². The number of methoxy groups -OCH3 is 1. The van der Waals surface area contributed by atoms with E-state index in [2.05, 4.69) is 4.90 Å². The van der Waals surface area contributed by atoms with Gasteiger partial charge in [-0.2, -0.15) is 4.31 Å². The van der Waals surface area contributed by atoms with Crippen molar-refractivity contribution in [3.8, 4) is 5.75 Å². The van der Waals surface area contributed by atoms with Crippen molar-refractivity contribution in [3.63, 3.8) is 0 Å². The molecule has 0 amide bonds. The topological polar surface area (TPSA) is 85.4 Å². The number of nitrogens with zero attached hydrogens (tertiary/aromatic N) is 2. The van der Waals surface area contributed by atoms with Crippen LogP contribution >= 0.6 is 0 Å². The highest BCUT2D eigenvalue weighted by molar-refractivity contribution is 7.89. The predicted molar refractivity (Wildman–Crippen MR) is 103 cm³/mol. The van der Waals surface area contributed by atoms with E-state index >= 15 is 0 Å². The SMILES string of the molecule is CCCOc1ccc(S(=O)(=O)N2C[C@@H](N3CCOCC3)C[C@@H]2C(=O)OC)cc1. The summed E-state index contributed by atoms with van der Waals surface area (Å²) in [5.41, 5.74) is 0. The van der Waals surface area contributed by atoms with Crippen LogP contribution in [0, 0.1) is 0 Å². The van der Waals surface area contributed by atoms with E-state index in [9.17, 15) is 13.2 Å². The molecule has 0 aromatic heterocycles. The van der Waals surface area contributed by atoms with Crippen LogP contribution in [0.15, 0.2) is 29.2 Å². The smallest absolute Gasteiger partial charge is 0.324 e. The van der Waals surface area contributed by atoms with E-state index in [1.54, 1.807) is 12.1 Å². The first kappa shape index (κ1) is 21.0. The van der Waals surface area contributed by atoms with Gasteiger partial charge in [0, 0.05) is 25.7 Å². The first-order valence-electron chi connectivity index (χ1n) is 9.61. The Morgan fingerprint density at radius 1 is 1.21 bits per heavy atom. The third kappa shape index (κ3) is 4.48. The Labute approximate surface area is 166 Å². The molecule has 0 aliphatic carbocycles. The van der Waals surface area contributed by atoms with Gasteiger partial charge in [0.25, 0.3) is 0 Å². The highest BCUT2D eigenvalue weighted by Gasteiger charge is 2.46. The van der Waals surface area contributed by atoms with Gasteiger partial charge < -0.3 is 14.2 Å². The summed E-state index contributed by atoms with van der Waals surface area (Å²) < 4.78 is 43.6. The second kappa shape index (κ2) is 9.21. The zero-order valence-corrected chi connectivity index (χ0v) is 17.2. The molecule has 0 radical (unpaired) electrons. The summed E-state index contributed by atoms with van der Waals surface area (Å²) >= 11 is 0. The van der Waals surface area contributed by atoms with Crippen molar-refractivity contribution in [2.75, 3.05) is 46.6 Å². The van der Waals surface area contributed by atoms with Crippen molar-refractivity contribution in [1.82, 2.24) is 9.21 Å². The molecule has 2 aliphatic rings. The molecule has 2 aliphatic heterocycles. The number of sulfonamides is 1. The van der Waals surface area contributed by atoms with Crippen molar-refractivity contribution < 1.29 is 27.4 Å². The van der Waals surface area contributed by atoms with Crippen LogP contribution in [0.25, 0.3) is 0 Å². The summed E-state index contributed by atoms with van der Waals surface area (Å²) in [6.07, 6.45) is 1.29. The van der Waals surface area contributed by atoms with Gasteiger partial charge in [0.1, 0.15) is 11.8 Å². The normalized spacial score (nSPS) is 24.2. The lowest BCUT2D eigenvalue weighted by Crippen LogP contribution is -2.45. The molecule has 28 heavy (non-hydrogen) atoms. The van der Waals surface area contributed by atoms with E-state index in [1.165, 1.54) is 23.5 Å². The molecule has 8 nitrogen and oxygen atoms in total. The second-order valence-electron chi connectivity index (χ2n) is 6.97. The quantitative estimate of drug-likeness (QED) is 0.620. The van der Waals surface area contributed by atoms with Gasteiger partial charge in [0.05, 0.1) is 31.8 Å². The molecule has 2 fully saturated rings. The van der Waals surface area contributed by atoms with Gasteiger partial charge in [-0.15, -0.1) is 0 Å². The molecule has 2 heterocycles. The zero-order valence-electron chi connectivity index (χ0n) is 16.4. The number of ether oxygens (including phenoxy) is 3. The highest BCUT2D eigenvalue weighted by Crippen LogP contribution is 2.30. The Bertz CT molecular complexity index is 761. The number of rotatable bonds is 7. The minimum atomic E-state index is -3.83. The van der Waals surface area contributed by atoms with Crippen molar-refractivity contribution in [1.29, 1.82) is 0 Å². The van der Waals surface area contributed by atoms with E-state index in [-0.39, 0.29) is 17.5 Å². The maximum atomic E-state index is 13.3. The summed E-state index contributed by atoms with van der Waals surface area (Å²) in [6.45, 7) is 5.53. The van der Waals surface area contributed by atoms with Crippen LogP contribution in [0.2, 0.25) is 0 Å². The largest absolute Gasteiger partial charge is 0.494 e. The monoisotopic (exact) mass is 412 g/mol. The molecule has 0 N–H and O–H groups in total. The fourth-order valence-electron chi connectivity index (χ4n) is 3.67. The van der Waals surface area contributed by atoms with Crippen molar-refractivity contribution in [3.05, 3.63) is 24.3 Å². The van der Waals surface area contributed by atoms with Crippen molar-refractivity contribution in [2.24, 2.45) is 0 Å². The van der Waals surface area contributed by atoms with Crippen LogP contribution in [0.5, 0.6) is 5.75 Å². The van der Waals surface area contributed by atoms with E-state index in [0.29, 0.717) is 32.0 Å². The first-order chi connectivity index (χ1) is 13.5. The Balaban J connectivity index is 1.81. The summed E-state index contributed by atoms with van der Waals surface area (Å²) in [5, 5.41) is 0. The molecule has 0 saturated carbocycles. The Morgan fingerprint density at radius 3 is 2.50 bits per heavy atom. The molecule has 2 saturated heterocycles. The molecule has 2 atom stereocenters. The third-order valence-electron chi connectivity index (χ3n) is 5.17. The average molecular weight is 413 g/mol. The van der Waals surface area contributed by atoms with Crippen LogP contribution in [0.4, 0.5) is 0 Å². The van der Waals surface area contributed by atoms with E-state index in [4.69, 9.17) is 14.2 Å². The molecule has 156 valence electrons. The van der Waals surface area contributed by atoms with Crippen LogP contribution < -0.4 is 4.74 Å². The number of morpholine rings is 1. The van der Waals surface area contributed by atoms with Gasteiger partial charge in [-0.05, 0) is 37.1 Å². The van der Waals surface area contributed by atoms with Crippen molar-refractivity contribution in [2.45, 2.75) is 36.7 Å². The maximum Gasteiger partial charge on any atom is 0.324 e. The maximum absolute atomic E-state index is 13.3. The Hall–Kier alpha value is -1.68. The molecule has 3 rings (SSSR count). The number of hydrogen-bond acceptors (Lipinski definition) is 7. The summed E-state index contributed by atoms with van der Waals surface area (Å²) in [7, 11) is -2.55. The standard InChI is InChI=1S/C19H28N2O6S/c1-3-10-27-16-4-6-17(7-5-16)28(23,24)21-14-15(13-18(21)19(22)25-2)20-8-11-26-12-9-20/h4-7,15,18H,3,8-14H2,1-2H3/t15-,18+/m0/s1. The fourth-order valence-corrected chi connectivity index (χ4v) is 5.30. The number of hydrogen-bond donors (Lipinski definition) is 0. The second-order valence-corrected chi connectivity index (χ2v) is 8.86. The first-order valence-corrected chi connectivity index (χ1v) is 11.1. The molecule has 0 spiro atoms. The predicted octanol–water partition coefficient (Wildman–Crippen LogP) is 1.11. The minimum Gasteiger partial charge on any atom is -0.494 e. The lowest BCUT2D eigenvalue weighted by Gasteiger charge is -2.31. The molecule has 0 bridgehead atoms. The highest BCUT2D eigenvalue weighted by atomic mass is 32.2. The molecule has 1 aromatic carbocycles. The molecule has 1 aromatic rings. The van der Waals surface area contributed by atoms with Gasteiger partial charge in [0.15, 0.2) is 0 Å². The average Bonchev–Trinajstić information content (AvgIpc) is 3.19. The fraction of sp³-hybridized carbons (Fsp3) is 0.632. The number of carbonyl (C=O) groups excluding carboxylic acids is 1. The molecular formula is C19H28N2O6S. The van der Waals surface area contributed by atoms with Gasteiger partial charge in [0.2, 0.25) is 10.0 Å². The third-order valence-corrected chi connectivity index (χ3v) is 7.06. The minimum absolute atomic E-state index is 0.0325. The summed E-state index contributed by atoms with van der Waals surface area (Å²) in [5.74, 6) is 0.0974. The number of benzene rings is 1. The Morgan fingerprint density at radius 2 is 1.89 bits per heavy atom. The van der Waals surface area contributed by atoms with Gasteiger partial charge in [-0.3, -0.25) is 9.69 Å². The molecular weight excluding hydrogens is 384 g/mol. The van der Waals surface area contributed by atoms with Crippen LogP contribution in [-0.4, -0.2) is 82.2 Å². The van der Waals surface area contributed by atoms with Crippen LogP contribution in [0.3, 0.4) is 0 Å². The van der Waals surface area contributed by atoms with Crippen LogP contribution in [-0.2, 0) is 24.3 Å². The summed E-state index contributed by atoms with van der Waals surface area (Å²) in [4.78, 5) is 14.6. The van der Waals surface area contributed by atoms with Gasteiger partial charge in [-0.1, -0.05) is 6.92 Å². The zero-order chi connectivity index (χ0) is 20.1. The van der Waals surface area contributed by atoms with E-state index in [0.717, 1.165) is 19.5 Å². The van der Waals surface area contributed by atoms with E-state index < -0.39 is 22.0 Å². The van der Waals surface area contributed by atoms with E-state index in [1.807, 2.05) is 6.92 Å². The van der Waals surface area contributed by atoms with Crippen molar-refractivity contribution >= 4 is 16.0 Å².